The standard InChI is InChI=1S/C4H5BrO2.3HI.V/c5-4(1-2-4)3(6)7;;;;/h1-2H2,(H,6,7);3*1H;/q;;;;+3/p-3. The van der Waals surface area contributed by atoms with Gasteiger partial charge in [-0.05, 0) is 12.8 Å². The van der Waals surface area contributed by atoms with Crippen molar-refractivity contribution in [3.63, 3.8) is 0 Å². The molecule has 1 N–H and O–H groups in total. The first-order valence-corrected chi connectivity index (χ1v) is 16.9. The van der Waals surface area contributed by atoms with Crippen molar-refractivity contribution < 1.29 is 14.8 Å². The molecule has 0 atom stereocenters. The summed E-state index contributed by atoms with van der Waals surface area (Å²) >= 11 is 10.4. The molecule has 0 bridgehead atoms. The predicted molar refractivity (Wildman–Crippen MR) is 70.6 cm³/mol. The maximum atomic E-state index is 10.0. The Morgan fingerprint density at radius 1 is 1.45 bits per heavy atom. The van der Waals surface area contributed by atoms with Gasteiger partial charge in [-0.1, -0.05) is 15.9 Å². The zero-order chi connectivity index (χ0) is 9.07. The van der Waals surface area contributed by atoms with E-state index in [1.54, 1.807) is 0 Å². The van der Waals surface area contributed by atoms with Crippen LogP contribution in [0, 0.1) is 0 Å². The first kappa shape index (κ1) is 13.7. The van der Waals surface area contributed by atoms with Crippen LogP contribution < -0.4 is 0 Å². The number of carboxylic acids is 1. The van der Waals surface area contributed by atoms with Crippen LogP contribution in [0.15, 0.2) is 0 Å². The van der Waals surface area contributed by atoms with E-state index < -0.39 is 10.3 Å². The summed E-state index contributed by atoms with van der Waals surface area (Å²) in [6.45, 7) is 0. The molecule has 1 aliphatic rings. The molecule has 0 spiro atoms. The first-order chi connectivity index (χ1) is 4.88. The molecule has 66 valence electrons. The van der Waals surface area contributed by atoms with Gasteiger partial charge >= 0.3 is 70.8 Å². The molecule has 0 aromatic carbocycles. The average molecular weight is 597 g/mol. The van der Waals surface area contributed by atoms with E-state index in [1.807, 2.05) is 0 Å². The number of carbonyl (C=O) groups is 1. The molecule has 1 rings (SSSR count). The van der Waals surface area contributed by atoms with E-state index in [9.17, 15) is 4.79 Å². The van der Waals surface area contributed by atoms with Crippen LogP contribution in [0.5, 0.6) is 0 Å². The van der Waals surface area contributed by atoms with Crippen LogP contribution in [0.4, 0.5) is 0 Å². The molecule has 7 heteroatoms. The third-order valence-corrected chi connectivity index (χ3v) is 2.20. The Morgan fingerprint density at radius 2 is 1.73 bits per heavy atom. The summed E-state index contributed by atoms with van der Waals surface area (Å²) in [6, 6.07) is 0. The second-order valence-corrected chi connectivity index (χ2v) is 38.8. The Kier molecular flexibility index (Phi) is 7.80. The summed E-state index contributed by atoms with van der Waals surface area (Å²) in [7, 11) is 0. The molecular weight excluding hydrogens is 592 g/mol. The van der Waals surface area contributed by atoms with Gasteiger partial charge < -0.3 is 5.11 Å². The summed E-state index contributed by atoms with van der Waals surface area (Å²) in [6.07, 6.45) is 1.56. The quantitative estimate of drug-likeness (QED) is 0.371. The number of alkyl halides is 1. The molecule has 0 aromatic heterocycles. The monoisotopic (exact) mass is 596 g/mol. The molecule has 0 radical (unpaired) electrons. The zero-order valence-electron chi connectivity index (χ0n) is 5.23. The Hall–Kier alpha value is 2.72. The SMILES string of the molecule is O=C(O)C1(Br)CC1.[I][V]([I])[I]. The molecule has 0 unspecified atom stereocenters. The number of carboxylic acid groups (broad SMARTS) is 1. The third kappa shape index (κ3) is 7.77. The Bertz CT molecular complexity index is 148. The van der Waals surface area contributed by atoms with Crippen molar-refractivity contribution in [2.45, 2.75) is 17.2 Å². The van der Waals surface area contributed by atoms with Gasteiger partial charge in [0.05, 0.1) is 0 Å². The molecular formula is C4H5BrI3O2V. The molecule has 0 heterocycles. The number of halogens is 4. The molecule has 0 aliphatic heterocycles. The van der Waals surface area contributed by atoms with E-state index in [-0.39, 0.29) is 4.92 Å². The Labute approximate surface area is 111 Å². The molecule has 1 saturated carbocycles. The van der Waals surface area contributed by atoms with Gasteiger partial charge in [-0.2, -0.15) is 0 Å². The Balaban J connectivity index is 0.000000218. The fourth-order valence-corrected chi connectivity index (χ4v) is 0.522. The third-order valence-electron chi connectivity index (χ3n) is 1.07. The first-order valence-electron chi connectivity index (χ1n) is 2.58. The molecule has 1 aliphatic carbocycles. The van der Waals surface area contributed by atoms with Crippen LogP contribution in [0.2, 0.25) is 0 Å². The summed E-state index contributed by atoms with van der Waals surface area (Å²) < 4.78 is -0.521. The van der Waals surface area contributed by atoms with Crippen LogP contribution in [0.25, 0.3) is 0 Å². The van der Waals surface area contributed by atoms with Gasteiger partial charge in [0.2, 0.25) is 0 Å². The van der Waals surface area contributed by atoms with E-state index in [2.05, 4.69) is 75.9 Å². The number of hydrogen-bond donors (Lipinski definition) is 1. The Morgan fingerprint density at radius 3 is 1.73 bits per heavy atom. The molecule has 1 fully saturated rings. The van der Waals surface area contributed by atoms with Crippen molar-refractivity contribution in [1.82, 2.24) is 0 Å². The summed E-state index contributed by atoms with van der Waals surface area (Å²) in [4.78, 5) is 9.76. The van der Waals surface area contributed by atoms with Crippen molar-refractivity contribution in [2.24, 2.45) is 0 Å². The number of aliphatic carboxylic acids is 1. The van der Waals surface area contributed by atoms with Crippen molar-refractivity contribution >= 4 is 81.8 Å². The normalized spacial score (nSPS) is 18.6. The molecule has 0 aromatic rings. The average Bonchev–Trinajstić information content (AvgIpc) is 2.46. The molecule has 0 amide bonds. The van der Waals surface area contributed by atoms with Gasteiger partial charge in [-0.3, -0.25) is 4.79 Å². The van der Waals surface area contributed by atoms with Crippen molar-refractivity contribution in [2.75, 3.05) is 0 Å². The van der Waals surface area contributed by atoms with Gasteiger partial charge in [0, 0.05) is 0 Å². The van der Waals surface area contributed by atoms with Gasteiger partial charge in [0.25, 0.3) is 0 Å². The van der Waals surface area contributed by atoms with E-state index in [4.69, 9.17) is 5.11 Å². The molecule has 0 saturated heterocycles. The van der Waals surface area contributed by atoms with E-state index in [0.29, 0.717) is 0 Å². The topological polar surface area (TPSA) is 37.3 Å². The van der Waals surface area contributed by atoms with E-state index in [1.165, 1.54) is 0 Å². The van der Waals surface area contributed by atoms with Crippen molar-refractivity contribution in [1.29, 1.82) is 0 Å². The minimum atomic E-state index is -0.729. The minimum absolute atomic E-state index is 0.278. The number of hydrogen-bond acceptors (Lipinski definition) is 1. The predicted octanol–water partition coefficient (Wildman–Crippen LogP) is 3.65. The van der Waals surface area contributed by atoms with E-state index >= 15 is 0 Å². The maximum absolute atomic E-state index is 10.0. The van der Waals surface area contributed by atoms with Crippen LogP contribution >= 0.6 is 75.9 Å². The summed E-state index contributed by atoms with van der Waals surface area (Å²) in [5.41, 5.74) is 0. The van der Waals surface area contributed by atoms with Crippen LogP contribution in [0.1, 0.15) is 12.8 Å². The van der Waals surface area contributed by atoms with E-state index in [0.717, 1.165) is 12.8 Å². The van der Waals surface area contributed by atoms with Crippen LogP contribution in [-0.4, -0.2) is 15.4 Å². The van der Waals surface area contributed by atoms with Gasteiger partial charge in [-0.25, -0.2) is 0 Å². The van der Waals surface area contributed by atoms with Crippen molar-refractivity contribution in [3.8, 4) is 0 Å². The van der Waals surface area contributed by atoms with Gasteiger partial charge in [-0.15, -0.1) is 0 Å². The van der Waals surface area contributed by atoms with Crippen LogP contribution in [-0.2, 0) is 9.72 Å². The second kappa shape index (κ2) is 6.25. The summed E-state index contributed by atoms with van der Waals surface area (Å²) in [5.74, 6) is -0.729. The number of rotatable bonds is 1. The van der Waals surface area contributed by atoms with Crippen molar-refractivity contribution in [3.05, 3.63) is 0 Å². The molecule has 2 nitrogen and oxygen atoms in total. The fraction of sp³-hybridized carbons (Fsp3) is 0.750. The second-order valence-electron chi connectivity index (χ2n) is 1.96. The summed E-state index contributed by atoms with van der Waals surface area (Å²) in [5, 5.41) is 8.27. The zero-order valence-corrected chi connectivity index (χ0v) is 14.7. The van der Waals surface area contributed by atoms with Crippen LogP contribution in [0.3, 0.4) is 0 Å². The fourth-order valence-electron chi connectivity index (χ4n) is 0.324. The molecule has 11 heavy (non-hydrogen) atoms. The van der Waals surface area contributed by atoms with Gasteiger partial charge in [0.15, 0.2) is 0 Å². The van der Waals surface area contributed by atoms with Gasteiger partial charge in [0.1, 0.15) is 4.32 Å².